The molecule has 1 aromatic carbocycles. The molecule has 0 N–H and O–H groups in total. The Bertz CT molecular complexity index is 487. The third-order valence-corrected chi connectivity index (χ3v) is 4.73. The summed E-state index contributed by atoms with van der Waals surface area (Å²) >= 11 is 2.28. The van der Waals surface area contributed by atoms with Crippen molar-refractivity contribution < 1.29 is 19.0 Å². The average molecular weight is 418 g/mol. The van der Waals surface area contributed by atoms with Gasteiger partial charge in [-0.15, -0.1) is 0 Å². The summed E-state index contributed by atoms with van der Waals surface area (Å²) in [6.45, 7) is 2.18. The van der Waals surface area contributed by atoms with Crippen LogP contribution in [0.5, 0.6) is 0 Å². The summed E-state index contributed by atoms with van der Waals surface area (Å²) in [6, 6.07) is 8.00. The molecule has 1 aliphatic rings. The smallest absolute Gasteiger partial charge is 0.306 e. The third-order valence-electron chi connectivity index (χ3n) is 3.75. The minimum Gasteiger partial charge on any atom is -0.459 e. The zero-order valence-electron chi connectivity index (χ0n) is 13.1. The first-order chi connectivity index (χ1) is 10.7. The van der Waals surface area contributed by atoms with E-state index in [1.807, 2.05) is 31.2 Å². The second-order valence-corrected chi connectivity index (χ2v) is 6.76. The second-order valence-electron chi connectivity index (χ2n) is 5.60. The van der Waals surface area contributed by atoms with Gasteiger partial charge in [0.25, 0.3) is 0 Å². The number of esters is 1. The van der Waals surface area contributed by atoms with Gasteiger partial charge < -0.3 is 14.2 Å². The highest BCUT2D eigenvalue weighted by atomic mass is 127. The summed E-state index contributed by atoms with van der Waals surface area (Å²) in [7, 11) is 1.59. The van der Waals surface area contributed by atoms with Crippen LogP contribution in [0, 0.1) is 9.49 Å². The van der Waals surface area contributed by atoms with Crippen LogP contribution in [-0.2, 0) is 19.0 Å². The molecule has 1 aromatic rings. The summed E-state index contributed by atoms with van der Waals surface area (Å²) in [6.07, 6.45) is 2.92. The highest BCUT2D eigenvalue weighted by Gasteiger charge is 2.30. The molecule has 2 atom stereocenters. The Labute approximate surface area is 145 Å². The normalized spacial score (nSPS) is 17.0. The second kappa shape index (κ2) is 8.84. The van der Waals surface area contributed by atoms with Gasteiger partial charge in [0.1, 0.15) is 19.0 Å². The number of hydrogen-bond acceptors (Lipinski definition) is 4. The van der Waals surface area contributed by atoms with Gasteiger partial charge in [-0.3, -0.25) is 4.79 Å². The predicted octanol–water partition coefficient (Wildman–Crippen LogP) is 4.07. The van der Waals surface area contributed by atoms with Gasteiger partial charge in [0.2, 0.25) is 0 Å². The Kier molecular flexibility index (Phi) is 7.11. The summed E-state index contributed by atoms with van der Waals surface area (Å²) < 4.78 is 17.7. The molecule has 0 unspecified atom stereocenters. The zero-order chi connectivity index (χ0) is 15.9. The molecule has 0 aliphatic heterocycles. The molecular weight excluding hydrogens is 395 g/mol. The monoisotopic (exact) mass is 418 g/mol. The van der Waals surface area contributed by atoms with Gasteiger partial charge in [-0.25, -0.2) is 0 Å². The molecule has 22 heavy (non-hydrogen) atoms. The number of rotatable bonds is 9. The number of ether oxygens (including phenoxy) is 3. The fourth-order valence-electron chi connectivity index (χ4n) is 2.38. The van der Waals surface area contributed by atoms with E-state index in [1.54, 1.807) is 7.11 Å². The molecule has 0 amide bonds. The van der Waals surface area contributed by atoms with Crippen LogP contribution in [0.15, 0.2) is 24.3 Å². The maximum Gasteiger partial charge on any atom is 0.306 e. The van der Waals surface area contributed by atoms with Crippen LogP contribution in [0.3, 0.4) is 0 Å². The maximum atomic E-state index is 12.0. The Morgan fingerprint density at radius 3 is 2.68 bits per heavy atom. The van der Waals surface area contributed by atoms with Gasteiger partial charge in [0.15, 0.2) is 0 Å². The van der Waals surface area contributed by atoms with Crippen molar-refractivity contribution in [3.05, 3.63) is 33.4 Å². The minimum absolute atomic E-state index is 0.119. The first kappa shape index (κ1) is 17.7. The standard InChI is InChI=1S/C17H23IO4/c1-3-15(22-16(19)10-12-8-9-12)17(21-11-20-2)13-6-4-5-7-14(13)18/h4-7,12,15,17H,3,8-11H2,1-2H3/t15-,17-/m0/s1. The third kappa shape index (κ3) is 5.21. The van der Waals surface area contributed by atoms with Crippen LogP contribution in [0.4, 0.5) is 0 Å². The molecule has 5 heteroatoms. The van der Waals surface area contributed by atoms with E-state index in [-0.39, 0.29) is 25.0 Å². The maximum absolute atomic E-state index is 12.0. The van der Waals surface area contributed by atoms with Crippen LogP contribution >= 0.6 is 22.6 Å². The summed E-state index contributed by atoms with van der Waals surface area (Å²) in [5.74, 6) is 0.409. The van der Waals surface area contributed by atoms with Gasteiger partial charge >= 0.3 is 5.97 Å². The highest BCUT2D eigenvalue weighted by molar-refractivity contribution is 14.1. The molecular formula is C17H23IO4. The largest absolute Gasteiger partial charge is 0.459 e. The lowest BCUT2D eigenvalue weighted by Crippen LogP contribution is -2.28. The molecule has 122 valence electrons. The minimum atomic E-state index is -0.304. The fourth-order valence-corrected chi connectivity index (χ4v) is 3.07. The quantitative estimate of drug-likeness (QED) is 0.345. The molecule has 1 fully saturated rings. The molecule has 0 saturated heterocycles. The summed E-state index contributed by atoms with van der Waals surface area (Å²) in [4.78, 5) is 12.0. The van der Waals surface area contributed by atoms with Crippen molar-refractivity contribution in [1.82, 2.24) is 0 Å². The van der Waals surface area contributed by atoms with E-state index in [2.05, 4.69) is 22.6 Å². The van der Waals surface area contributed by atoms with Crippen LogP contribution < -0.4 is 0 Å². The van der Waals surface area contributed by atoms with Crippen molar-refractivity contribution >= 4 is 28.6 Å². The first-order valence-electron chi connectivity index (χ1n) is 7.70. The number of methoxy groups -OCH3 is 1. The van der Waals surface area contributed by atoms with E-state index in [1.165, 1.54) is 0 Å². The first-order valence-corrected chi connectivity index (χ1v) is 8.78. The predicted molar refractivity (Wildman–Crippen MR) is 92.4 cm³/mol. The van der Waals surface area contributed by atoms with E-state index < -0.39 is 0 Å². The zero-order valence-corrected chi connectivity index (χ0v) is 15.2. The van der Waals surface area contributed by atoms with Gasteiger partial charge in [0.05, 0.1) is 0 Å². The van der Waals surface area contributed by atoms with Crippen molar-refractivity contribution in [1.29, 1.82) is 0 Å². The molecule has 0 bridgehead atoms. The van der Waals surface area contributed by atoms with E-state index in [0.29, 0.717) is 18.8 Å². The number of hydrogen-bond donors (Lipinski definition) is 0. The van der Waals surface area contributed by atoms with Crippen LogP contribution in [0.2, 0.25) is 0 Å². The lowest BCUT2D eigenvalue weighted by atomic mass is 10.0. The van der Waals surface area contributed by atoms with Crippen molar-refractivity contribution in [2.75, 3.05) is 13.9 Å². The summed E-state index contributed by atoms with van der Waals surface area (Å²) in [5.41, 5.74) is 1.03. The van der Waals surface area contributed by atoms with E-state index in [9.17, 15) is 4.79 Å². The Balaban J connectivity index is 2.10. The lowest BCUT2D eigenvalue weighted by molar-refractivity contribution is -0.167. The Hall–Kier alpha value is -0.660. The SMILES string of the molecule is CC[C@H](OC(=O)CC1CC1)[C@@H](OCOC)c1ccccc1I. The Morgan fingerprint density at radius 2 is 2.09 bits per heavy atom. The summed E-state index contributed by atoms with van der Waals surface area (Å²) in [5, 5.41) is 0. The van der Waals surface area contributed by atoms with Crippen LogP contribution in [0.25, 0.3) is 0 Å². The van der Waals surface area contributed by atoms with E-state index >= 15 is 0 Å². The van der Waals surface area contributed by atoms with Gasteiger partial charge in [-0.2, -0.15) is 0 Å². The van der Waals surface area contributed by atoms with Crippen molar-refractivity contribution in [2.24, 2.45) is 5.92 Å². The van der Waals surface area contributed by atoms with Crippen LogP contribution in [-0.4, -0.2) is 26.0 Å². The number of carbonyl (C=O) groups excluding carboxylic acids is 1. The van der Waals surface area contributed by atoms with E-state index in [4.69, 9.17) is 14.2 Å². The molecule has 2 rings (SSSR count). The van der Waals surface area contributed by atoms with Crippen molar-refractivity contribution in [2.45, 2.75) is 44.8 Å². The Morgan fingerprint density at radius 1 is 1.36 bits per heavy atom. The number of benzene rings is 1. The van der Waals surface area contributed by atoms with Gasteiger partial charge in [-0.05, 0) is 59.4 Å². The molecule has 4 nitrogen and oxygen atoms in total. The highest BCUT2D eigenvalue weighted by Crippen LogP contribution is 2.34. The fraction of sp³-hybridized carbons (Fsp3) is 0.588. The lowest BCUT2D eigenvalue weighted by Gasteiger charge is -2.27. The number of carbonyl (C=O) groups is 1. The van der Waals surface area contributed by atoms with Gasteiger partial charge in [0, 0.05) is 17.1 Å². The topological polar surface area (TPSA) is 44.8 Å². The van der Waals surface area contributed by atoms with Gasteiger partial charge in [-0.1, -0.05) is 25.1 Å². The molecule has 1 saturated carbocycles. The average Bonchev–Trinajstić information content (AvgIpc) is 3.31. The molecule has 0 spiro atoms. The number of halogens is 1. The van der Waals surface area contributed by atoms with Crippen molar-refractivity contribution in [3.63, 3.8) is 0 Å². The molecule has 0 heterocycles. The molecule has 1 aliphatic carbocycles. The molecule has 0 aromatic heterocycles. The van der Waals surface area contributed by atoms with E-state index in [0.717, 1.165) is 22.0 Å². The van der Waals surface area contributed by atoms with Crippen LogP contribution in [0.1, 0.15) is 44.3 Å². The molecule has 0 radical (unpaired) electrons. The van der Waals surface area contributed by atoms with Crippen molar-refractivity contribution in [3.8, 4) is 0 Å².